The van der Waals surface area contributed by atoms with Crippen LogP contribution in [-0.4, -0.2) is 37.1 Å². The lowest BCUT2D eigenvalue weighted by Gasteiger charge is -2.19. The second kappa shape index (κ2) is 6.81. The zero-order valence-electron chi connectivity index (χ0n) is 12.1. The van der Waals surface area contributed by atoms with Crippen molar-refractivity contribution in [2.24, 2.45) is 5.92 Å². The number of aromatic hydroxyl groups is 1. The molecule has 1 fully saturated rings. The van der Waals surface area contributed by atoms with Gasteiger partial charge in [-0.25, -0.2) is 0 Å². The van der Waals surface area contributed by atoms with Gasteiger partial charge in [0.15, 0.2) is 11.5 Å². The Kier molecular flexibility index (Phi) is 5.09. The number of phenolic OH excluding ortho intramolecular Hbond substituents is 1. The lowest BCUT2D eigenvalue weighted by molar-refractivity contribution is 0.205. The van der Waals surface area contributed by atoms with Crippen molar-refractivity contribution in [3.63, 3.8) is 0 Å². The minimum atomic E-state index is 0.0212. The van der Waals surface area contributed by atoms with Gasteiger partial charge in [-0.15, -0.1) is 0 Å². The van der Waals surface area contributed by atoms with Crippen LogP contribution in [-0.2, 0) is 6.54 Å². The number of nitrogens with one attached hydrogen (secondary N) is 1. The van der Waals surface area contributed by atoms with Gasteiger partial charge in [-0.2, -0.15) is 0 Å². The minimum absolute atomic E-state index is 0.0212. The third-order valence-corrected chi connectivity index (χ3v) is 4.00. The fourth-order valence-corrected chi connectivity index (χ4v) is 2.82. The molecule has 112 valence electrons. The maximum absolute atomic E-state index is 9.87. The number of aliphatic hydroxyl groups is 1. The summed E-state index contributed by atoms with van der Waals surface area (Å²) in [6, 6.07) is 3.95. The lowest BCUT2D eigenvalue weighted by atomic mass is 10.0. The number of rotatable bonds is 6. The summed E-state index contributed by atoms with van der Waals surface area (Å²) in [6.45, 7) is 0.897. The molecule has 0 radical (unpaired) electrons. The maximum atomic E-state index is 9.87. The molecule has 5 heteroatoms. The summed E-state index contributed by atoms with van der Waals surface area (Å²) < 4.78 is 10.3. The molecule has 0 bridgehead atoms. The first-order valence-corrected chi connectivity index (χ1v) is 6.97. The van der Waals surface area contributed by atoms with Gasteiger partial charge in [0.05, 0.1) is 14.2 Å². The highest BCUT2D eigenvalue weighted by atomic mass is 16.5. The average Bonchev–Trinajstić information content (AvgIpc) is 2.93. The largest absolute Gasteiger partial charge is 0.502 e. The van der Waals surface area contributed by atoms with E-state index in [4.69, 9.17) is 9.47 Å². The van der Waals surface area contributed by atoms with Crippen LogP contribution in [0.1, 0.15) is 24.8 Å². The first-order valence-electron chi connectivity index (χ1n) is 6.97. The predicted molar refractivity (Wildman–Crippen MR) is 76.3 cm³/mol. The third-order valence-electron chi connectivity index (χ3n) is 4.00. The summed E-state index contributed by atoms with van der Waals surface area (Å²) in [7, 11) is 3.04. The summed E-state index contributed by atoms with van der Waals surface area (Å²) in [5.41, 5.74) is 0.986. The summed E-state index contributed by atoms with van der Waals surface area (Å²) >= 11 is 0. The van der Waals surface area contributed by atoms with Crippen molar-refractivity contribution in [3.8, 4) is 17.2 Å². The number of methoxy groups -OCH3 is 2. The monoisotopic (exact) mass is 281 g/mol. The van der Waals surface area contributed by atoms with Crippen LogP contribution >= 0.6 is 0 Å². The Morgan fingerprint density at radius 2 is 1.85 bits per heavy atom. The number of phenols is 1. The van der Waals surface area contributed by atoms with Gasteiger partial charge in [0, 0.05) is 19.2 Å². The fourth-order valence-electron chi connectivity index (χ4n) is 2.82. The topological polar surface area (TPSA) is 71.0 Å². The van der Waals surface area contributed by atoms with Crippen molar-refractivity contribution in [1.29, 1.82) is 0 Å². The van der Waals surface area contributed by atoms with Gasteiger partial charge in [-0.3, -0.25) is 0 Å². The van der Waals surface area contributed by atoms with Crippen LogP contribution < -0.4 is 14.8 Å². The van der Waals surface area contributed by atoms with Gasteiger partial charge in [-0.05, 0) is 36.5 Å². The van der Waals surface area contributed by atoms with E-state index in [9.17, 15) is 10.2 Å². The molecule has 2 unspecified atom stereocenters. The fraction of sp³-hybridized carbons (Fsp3) is 0.600. The second-order valence-corrected chi connectivity index (χ2v) is 5.21. The Morgan fingerprint density at radius 1 is 1.20 bits per heavy atom. The zero-order valence-corrected chi connectivity index (χ0v) is 12.1. The minimum Gasteiger partial charge on any atom is -0.502 e. The van der Waals surface area contributed by atoms with E-state index in [1.165, 1.54) is 14.2 Å². The van der Waals surface area contributed by atoms with Gasteiger partial charge >= 0.3 is 0 Å². The van der Waals surface area contributed by atoms with Crippen molar-refractivity contribution < 1.29 is 19.7 Å². The van der Waals surface area contributed by atoms with Crippen LogP contribution in [0.2, 0.25) is 0 Å². The molecule has 2 atom stereocenters. The Bertz CT molecular complexity index is 424. The molecule has 5 nitrogen and oxygen atoms in total. The van der Waals surface area contributed by atoms with Gasteiger partial charge < -0.3 is 25.0 Å². The average molecular weight is 281 g/mol. The molecule has 0 spiro atoms. The molecule has 20 heavy (non-hydrogen) atoms. The Hall–Kier alpha value is -1.46. The Morgan fingerprint density at radius 3 is 2.40 bits per heavy atom. The molecular weight excluding hydrogens is 258 g/mol. The van der Waals surface area contributed by atoms with Gasteiger partial charge in [0.1, 0.15) is 0 Å². The molecule has 1 aliphatic carbocycles. The highest BCUT2D eigenvalue weighted by Crippen LogP contribution is 2.37. The van der Waals surface area contributed by atoms with E-state index in [1.807, 2.05) is 0 Å². The summed E-state index contributed by atoms with van der Waals surface area (Å²) in [5.74, 6) is 1.18. The molecule has 0 aromatic heterocycles. The normalized spacial score (nSPS) is 21.9. The van der Waals surface area contributed by atoms with Crippen LogP contribution in [0.25, 0.3) is 0 Å². The number of aliphatic hydroxyl groups excluding tert-OH is 1. The molecule has 1 saturated carbocycles. The van der Waals surface area contributed by atoms with Gasteiger partial charge in [-0.1, -0.05) is 6.42 Å². The molecule has 1 aliphatic rings. The molecule has 1 aromatic rings. The van der Waals surface area contributed by atoms with E-state index in [1.54, 1.807) is 12.1 Å². The first kappa shape index (κ1) is 14.9. The molecule has 2 rings (SSSR count). The van der Waals surface area contributed by atoms with Crippen LogP contribution in [0.4, 0.5) is 0 Å². The Balaban J connectivity index is 2.05. The standard InChI is InChI=1S/C15H23NO4/c1-19-13-6-10(7-14(20-2)15(13)18)8-16-12-5-3-4-11(12)9-17/h6-7,11-12,16-18H,3-5,8-9H2,1-2H3. The zero-order chi connectivity index (χ0) is 14.5. The summed E-state index contributed by atoms with van der Waals surface area (Å²) in [6.07, 6.45) is 3.33. The van der Waals surface area contributed by atoms with Crippen LogP contribution in [0.5, 0.6) is 17.2 Å². The lowest BCUT2D eigenvalue weighted by Crippen LogP contribution is -2.33. The molecule has 3 N–H and O–H groups in total. The maximum Gasteiger partial charge on any atom is 0.200 e. The van der Waals surface area contributed by atoms with Crippen LogP contribution in [0.3, 0.4) is 0 Å². The van der Waals surface area contributed by atoms with E-state index in [-0.39, 0.29) is 12.4 Å². The van der Waals surface area contributed by atoms with E-state index in [0.717, 1.165) is 24.8 Å². The van der Waals surface area contributed by atoms with Crippen LogP contribution in [0.15, 0.2) is 12.1 Å². The second-order valence-electron chi connectivity index (χ2n) is 5.21. The molecule has 1 aromatic carbocycles. The van der Waals surface area contributed by atoms with Crippen molar-refractivity contribution in [2.75, 3.05) is 20.8 Å². The number of hydrogen-bond acceptors (Lipinski definition) is 5. The Labute approximate surface area is 119 Å². The number of hydrogen-bond donors (Lipinski definition) is 3. The molecule has 0 amide bonds. The van der Waals surface area contributed by atoms with Crippen LogP contribution in [0, 0.1) is 5.92 Å². The number of ether oxygens (including phenoxy) is 2. The van der Waals surface area contributed by atoms with E-state index < -0.39 is 0 Å². The highest BCUT2D eigenvalue weighted by molar-refractivity contribution is 5.52. The van der Waals surface area contributed by atoms with Crippen molar-refractivity contribution >= 4 is 0 Å². The number of benzene rings is 1. The van der Waals surface area contributed by atoms with Crippen molar-refractivity contribution in [2.45, 2.75) is 31.8 Å². The first-order chi connectivity index (χ1) is 9.69. The van der Waals surface area contributed by atoms with Gasteiger partial charge in [0.25, 0.3) is 0 Å². The highest BCUT2D eigenvalue weighted by Gasteiger charge is 2.26. The van der Waals surface area contributed by atoms with Crippen molar-refractivity contribution in [3.05, 3.63) is 17.7 Å². The third kappa shape index (κ3) is 3.16. The van der Waals surface area contributed by atoms with E-state index in [2.05, 4.69) is 5.32 Å². The molecular formula is C15H23NO4. The SMILES string of the molecule is COc1cc(CNC2CCCC2CO)cc(OC)c1O. The molecule has 0 saturated heterocycles. The summed E-state index contributed by atoms with van der Waals surface area (Å²) in [5, 5.41) is 22.7. The molecule has 0 heterocycles. The van der Waals surface area contributed by atoms with E-state index in [0.29, 0.717) is 30.0 Å². The van der Waals surface area contributed by atoms with E-state index >= 15 is 0 Å². The van der Waals surface area contributed by atoms with Gasteiger partial charge in [0.2, 0.25) is 5.75 Å². The summed E-state index contributed by atoms with van der Waals surface area (Å²) in [4.78, 5) is 0. The van der Waals surface area contributed by atoms with Crippen molar-refractivity contribution in [1.82, 2.24) is 5.32 Å². The quantitative estimate of drug-likeness (QED) is 0.740. The molecule has 0 aliphatic heterocycles. The predicted octanol–water partition coefficient (Wildman–Crippen LogP) is 1.66. The smallest absolute Gasteiger partial charge is 0.200 e.